The Morgan fingerprint density at radius 1 is 1.50 bits per heavy atom. The van der Waals surface area contributed by atoms with Crippen molar-refractivity contribution < 1.29 is 23.0 Å². The molecule has 0 aliphatic heterocycles. The normalized spacial score (nSPS) is 13.7. The van der Waals surface area contributed by atoms with E-state index in [0.29, 0.717) is 11.5 Å². The van der Waals surface area contributed by atoms with Gasteiger partial charge in [0.1, 0.15) is 0 Å². The van der Waals surface area contributed by atoms with Crippen LogP contribution < -0.4 is 4.72 Å². The number of ether oxygens (including phenoxy) is 2. The van der Waals surface area contributed by atoms with Gasteiger partial charge in [-0.3, -0.25) is 0 Å². The van der Waals surface area contributed by atoms with Crippen molar-refractivity contribution in [2.24, 2.45) is 0 Å². The van der Waals surface area contributed by atoms with Crippen molar-refractivity contribution in [3.05, 3.63) is 16.3 Å². The van der Waals surface area contributed by atoms with E-state index in [0.717, 1.165) is 0 Å². The second kappa shape index (κ2) is 7.17. The molecule has 0 amide bonds. The zero-order chi connectivity index (χ0) is 13.6. The number of aliphatic hydroxyl groups excluding tert-OH is 1. The fourth-order valence-corrected chi connectivity index (χ4v) is 3.72. The SMILES string of the molecule is COCC(CNS(=O)(=O)c1ccsc1CO)OC. The molecular weight excluding hydrogens is 278 g/mol. The lowest BCUT2D eigenvalue weighted by Gasteiger charge is -2.15. The summed E-state index contributed by atoms with van der Waals surface area (Å²) >= 11 is 1.20. The van der Waals surface area contributed by atoms with Crippen LogP contribution in [0.25, 0.3) is 0 Å². The molecule has 0 bridgehead atoms. The third kappa shape index (κ3) is 4.01. The Morgan fingerprint density at radius 2 is 2.22 bits per heavy atom. The highest BCUT2D eigenvalue weighted by Gasteiger charge is 2.20. The number of hydrogen-bond acceptors (Lipinski definition) is 6. The summed E-state index contributed by atoms with van der Waals surface area (Å²) in [4.78, 5) is 0.533. The van der Waals surface area contributed by atoms with Crippen LogP contribution in [0.4, 0.5) is 0 Å². The van der Waals surface area contributed by atoms with Crippen LogP contribution in [0.3, 0.4) is 0 Å². The van der Waals surface area contributed by atoms with Gasteiger partial charge in [-0.15, -0.1) is 11.3 Å². The minimum absolute atomic E-state index is 0.113. The topological polar surface area (TPSA) is 84.9 Å². The molecular formula is C10H17NO5S2. The summed E-state index contributed by atoms with van der Waals surface area (Å²) in [7, 11) is -0.613. The summed E-state index contributed by atoms with van der Waals surface area (Å²) in [5.74, 6) is 0. The van der Waals surface area contributed by atoms with Gasteiger partial charge >= 0.3 is 0 Å². The molecule has 0 radical (unpaired) electrons. The van der Waals surface area contributed by atoms with Crippen LogP contribution >= 0.6 is 11.3 Å². The van der Waals surface area contributed by atoms with E-state index in [2.05, 4.69) is 4.72 Å². The maximum atomic E-state index is 12.0. The highest BCUT2D eigenvalue weighted by atomic mass is 32.2. The van der Waals surface area contributed by atoms with E-state index in [1.54, 1.807) is 5.38 Å². The molecule has 2 N–H and O–H groups in total. The molecule has 1 heterocycles. The smallest absolute Gasteiger partial charge is 0.241 e. The monoisotopic (exact) mass is 295 g/mol. The van der Waals surface area contributed by atoms with Crippen LogP contribution in [0, 0.1) is 0 Å². The van der Waals surface area contributed by atoms with Crippen LogP contribution in [-0.2, 0) is 26.1 Å². The molecule has 0 saturated heterocycles. The Bertz CT molecular complexity index is 457. The first kappa shape index (κ1) is 15.5. The molecule has 1 aromatic heterocycles. The summed E-state index contributed by atoms with van der Waals surface area (Å²) < 4.78 is 36.4. The molecule has 0 aliphatic rings. The highest BCUT2D eigenvalue weighted by molar-refractivity contribution is 7.89. The molecule has 1 aromatic rings. The maximum Gasteiger partial charge on any atom is 0.241 e. The number of methoxy groups -OCH3 is 2. The molecule has 18 heavy (non-hydrogen) atoms. The van der Waals surface area contributed by atoms with Crippen molar-refractivity contribution in [2.45, 2.75) is 17.6 Å². The fourth-order valence-electron chi connectivity index (χ4n) is 1.36. The lowest BCUT2D eigenvalue weighted by molar-refractivity contribution is 0.0320. The fraction of sp³-hybridized carbons (Fsp3) is 0.600. The van der Waals surface area contributed by atoms with Gasteiger partial charge in [0.25, 0.3) is 0 Å². The van der Waals surface area contributed by atoms with Gasteiger partial charge in [-0.1, -0.05) is 0 Å². The standard InChI is InChI=1S/C10H17NO5S2/c1-15-7-8(16-2)5-11-18(13,14)10-3-4-17-9(10)6-12/h3-4,8,11-12H,5-7H2,1-2H3. The predicted molar refractivity (Wildman–Crippen MR) is 68.1 cm³/mol. The molecule has 0 aromatic carbocycles. The van der Waals surface area contributed by atoms with Gasteiger partial charge in [-0.2, -0.15) is 0 Å². The molecule has 8 heteroatoms. The highest BCUT2D eigenvalue weighted by Crippen LogP contribution is 2.21. The van der Waals surface area contributed by atoms with Gasteiger partial charge in [0.15, 0.2) is 0 Å². The lowest BCUT2D eigenvalue weighted by atomic mass is 10.4. The third-order valence-corrected chi connectivity index (χ3v) is 4.87. The third-order valence-electron chi connectivity index (χ3n) is 2.32. The molecule has 1 rings (SSSR count). The minimum atomic E-state index is -3.62. The summed E-state index contributed by atoms with van der Waals surface area (Å²) in [6.45, 7) is 0.128. The Morgan fingerprint density at radius 3 is 2.78 bits per heavy atom. The van der Waals surface area contributed by atoms with Crippen LogP contribution in [0.15, 0.2) is 16.3 Å². The molecule has 1 unspecified atom stereocenters. The van der Waals surface area contributed by atoms with Crippen molar-refractivity contribution in [3.63, 3.8) is 0 Å². The average molecular weight is 295 g/mol. The van der Waals surface area contributed by atoms with Gasteiger partial charge in [-0.05, 0) is 11.4 Å². The van der Waals surface area contributed by atoms with E-state index in [1.807, 2.05) is 0 Å². The van der Waals surface area contributed by atoms with Crippen LogP contribution in [0.5, 0.6) is 0 Å². The van der Waals surface area contributed by atoms with Crippen molar-refractivity contribution >= 4 is 21.4 Å². The summed E-state index contributed by atoms with van der Waals surface area (Å²) in [5.41, 5.74) is 0. The van der Waals surface area contributed by atoms with Gasteiger partial charge in [0.05, 0.1) is 24.2 Å². The van der Waals surface area contributed by atoms with E-state index in [9.17, 15) is 8.42 Å². The summed E-state index contributed by atoms with van der Waals surface area (Å²) in [6, 6.07) is 1.47. The van der Waals surface area contributed by atoms with Crippen LogP contribution in [-0.4, -0.2) is 47.0 Å². The van der Waals surface area contributed by atoms with Crippen molar-refractivity contribution in [1.29, 1.82) is 0 Å². The summed E-state index contributed by atoms with van der Waals surface area (Å²) in [6.07, 6.45) is -0.346. The van der Waals surface area contributed by atoms with Gasteiger partial charge in [-0.25, -0.2) is 13.1 Å². The Hall–Kier alpha value is -0.510. The molecule has 1 atom stereocenters. The van der Waals surface area contributed by atoms with E-state index >= 15 is 0 Å². The second-order valence-corrected chi connectivity index (χ2v) is 6.27. The number of sulfonamides is 1. The number of nitrogens with one attached hydrogen (secondary N) is 1. The van der Waals surface area contributed by atoms with E-state index in [1.165, 1.54) is 31.6 Å². The number of thiophene rings is 1. The van der Waals surface area contributed by atoms with Gasteiger partial charge in [0.2, 0.25) is 10.0 Å². The molecule has 0 aliphatic carbocycles. The number of rotatable bonds is 8. The average Bonchev–Trinajstić information content (AvgIpc) is 2.83. The van der Waals surface area contributed by atoms with E-state index in [4.69, 9.17) is 14.6 Å². The number of aliphatic hydroxyl groups is 1. The Labute approximate surface area is 111 Å². The van der Waals surface area contributed by atoms with Crippen LogP contribution in [0.1, 0.15) is 4.88 Å². The van der Waals surface area contributed by atoms with E-state index < -0.39 is 10.0 Å². The van der Waals surface area contributed by atoms with Crippen LogP contribution in [0.2, 0.25) is 0 Å². The molecule has 0 saturated carbocycles. The van der Waals surface area contributed by atoms with Gasteiger partial charge in [0, 0.05) is 25.6 Å². The maximum absolute atomic E-state index is 12.0. The predicted octanol–water partition coefficient (Wildman–Crippen LogP) is 0.180. The quantitative estimate of drug-likeness (QED) is 0.714. The summed E-state index contributed by atoms with van der Waals surface area (Å²) in [5, 5.41) is 10.7. The largest absolute Gasteiger partial charge is 0.391 e. The second-order valence-electron chi connectivity index (χ2n) is 3.53. The molecule has 0 spiro atoms. The zero-order valence-corrected chi connectivity index (χ0v) is 11.9. The molecule has 0 fully saturated rings. The molecule has 104 valence electrons. The van der Waals surface area contributed by atoms with Crippen molar-refractivity contribution in [2.75, 3.05) is 27.4 Å². The number of hydrogen-bond donors (Lipinski definition) is 2. The first-order chi connectivity index (χ1) is 8.55. The minimum Gasteiger partial charge on any atom is -0.391 e. The van der Waals surface area contributed by atoms with E-state index in [-0.39, 0.29) is 24.2 Å². The Balaban J connectivity index is 2.71. The van der Waals surface area contributed by atoms with Gasteiger partial charge < -0.3 is 14.6 Å². The van der Waals surface area contributed by atoms with Crippen molar-refractivity contribution in [3.8, 4) is 0 Å². The zero-order valence-electron chi connectivity index (χ0n) is 10.3. The first-order valence-corrected chi connectivity index (χ1v) is 7.60. The Kier molecular flexibility index (Phi) is 6.19. The first-order valence-electron chi connectivity index (χ1n) is 5.23. The molecule has 6 nitrogen and oxygen atoms in total. The lowest BCUT2D eigenvalue weighted by Crippen LogP contribution is -2.35. The van der Waals surface area contributed by atoms with Crippen molar-refractivity contribution in [1.82, 2.24) is 4.72 Å².